The quantitative estimate of drug-likeness (QED) is 0.744. The second-order valence-corrected chi connectivity index (χ2v) is 6.04. The van der Waals surface area contributed by atoms with Gasteiger partial charge in [-0.15, -0.1) is 0 Å². The highest BCUT2D eigenvalue weighted by atomic mass is 79.9. The molecular formula is C18H16BrN3O. The summed E-state index contributed by atoms with van der Waals surface area (Å²) in [5.74, 6) is -0.0733. The highest BCUT2D eigenvalue weighted by molar-refractivity contribution is 9.10. The maximum atomic E-state index is 12.1. The first kappa shape index (κ1) is 15.5. The minimum Gasteiger partial charge on any atom is -0.350 e. The Bertz CT molecular complexity index is 782. The van der Waals surface area contributed by atoms with Crippen LogP contribution in [0.25, 0.3) is 11.1 Å². The van der Waals surface area contributed by atoms with Crippen LogP contribution < -0.4 is 5.32 Å². The molecule has 1 N–H and O–H groups in total. The fourth-order valence-electron chi connectivity index (χ4n) is 2.29. The summed E-state index contributed by atoms with van der Waals surface area (Å²) in [7, 11) is 0. The molecule has 0 aliphatic carbocycles. The maximum Gasteiger partial charge on any atom is 0.251 e. The van der Waals surface area contributed by atoms with E-state index in [9.17, 15) is 4.79 Å². The molecule has 23 heavy (non-hydrogen) atoms. The van der Waals surface area contributed by atoms with E-state index in [2.05, 4.69) is 38.5 Å². The zero-order valence-electron chi connectivity index (χ0n) is 12.4. The normalized spacial score (nSPS) is 10.5. The monoisotopic (exact) mass is 369 g/mol. The Morgan fingerprint density at radius 2 is 1.74 bits per heavy atom. The Morgan fingerprint density at radius 1 is 1.04 bits per heavy atom. The first-order valence-corrected chi connectivity index (χ1v) is 8.13. The van der Waals surface area contributed by atoms with Crippen LogP contribution in [0.2, 0.25) is 0 Å². The largest absolute Gasteiger partial charge is 0.350 e. The average molecular weight is 370 g/mol. The van der Waals surface area contributed by atoms with E-state index in [0.717, 1.165) is 15.6 Å². The number of halogens is 1. The van der Waals surface area contributed by atoms with Crippen LogP contribution in [-0.4, -0.2) is 22.2 Å². The van der Waals surface area contributed by atoms with Gasteiger partial charge < -0.3 is 5.32 Å². The lowest BCUT2D eigenvalue weighted by Crippen LogP contribution is -2.27. The van der Waals surface area contributed by atoms with Crippen molar-refractivity contribution in [3.8, 4) is 11.1 Å². The number of carbonyl (C=O) groups is 1. The van der Waals surface area contributed by atoms with Gasteiger partial charge in [-0.3, -0.25) is 9.48 Å². The zero-order chi connectivity index (χ0) is 16.1. The number of aromatic nitrogens is 2. The molecule has 0 radical (unpaired) electrons. The molecule has 1 amide bonds. The van der Waals surface area contributed by atoms with Gasteiger partial charge in [0.2, 0.25) is 0 Å². The first-order valence-electron chi connectivity index (χ1n) is 7.34. The summed E-state index contributed by atoms with van der Waals surface area (Å²) < 4.78 is 2.71. The van der Waals surface area contributed by atoms with Gasteiger partial charge in [0.1, 0.15) is 0 Å². The third-order valence-electron chi connectivity index (χ3n) is 3.48. The Kier molecular flexibility index (Phi) is 4.88. The van der Waals surface area contributed by atoms with Crippen molar-refractivity contribution >= 4 is 21.8 Å². The molecule has 1 heterocycles. The summed E-state index contributed by atoms with van der Waals surface area (Å²) in [6, 6.07) is 17.7. The Labute approximate surface area is 143 Å². The topological polar surface area (TPSA) is 46.9 Å². The molecule has 116 valence electrons. The lowest BCUT2D eigenvalue weighted by atomic mass is 10.0. The van der Waals surface area contributed by atoms with Crippen LogP contribution in [0.3, 0.4) is 0 Å². The van der Waals surface area contributed by atoms with Crippen molar-refractivity contribution in [2.75, 3.05) is 6.54 Å². The molecule has 3 rings (SSSR count). The summed E-state index contributed by atoms with van der Waals surface area (Å²) in [6.45, 7) is 1.17. The van der Waals surface area contributed by atoms with Crippen LogP contribution >= 0.6 is 15.9 Å². The van der Waals surface area contributed by atoms with Gasteiger partial charge in [-0.05, 0) is 39.2 Å². The van der Waals surface area contributed by atoms with E-state index < -0.39 is 0 Å². The Morgan fingerprint density at radius 3 is 2.39 bits per heavy atom. The van der Waals surface area contributed by atoms with Gasteiger partial charge in [0.25, 0.3) is 5.91 Å². The highest BCUT2D eigenvalue weighted by Gasteiger charge is 2.05. The number of hydrogen-bond acceptors (Lipinski definition) is 2. The minimum atomic E-state index is -0.0733. The van der Waals surface area contributed by atoms with E-state index in [4.69, 9.17) is 0 Å². The van der Waals surface area contributed by atoms with Crippen molar-refractivity contribution in [1.82, 2.24) is 15.1 Å². The van der Waals surface area contributed by atoms with Crippen molar-refractivity contribution in [3.05, 3.63) is 77.0 Å². The smallest absolute Gasteiger partial charge is 0.251 e. The molecule has 0 fully saturated rings. The molecule has 3 aromatic rings. The third kappa shape index (κ3) is 4.07. The lowest BCUT2D eigenvalue weighted by molar-refractivity contribution is 0.0952. The van der Waals surface area contributed by atoms with E-state index in [1.807, 2.05) is 48.7 Å². The van der Waals surface area contributed by atoms with Gasteiger partial charge in [-0.1, -0.05) is 42.5 Å². The fourth-order valence-corrected chi connectivity index (χ4v) is 2.62. The Balaban J connectivity index is 1.57. The maximum absolute atomic E-state index is 12.1. The molecule has 1 aromatic heterocycles. The molecule has 0 saturated carbocycles. The van der Waals surface area contributed by atoms with Crippen molar-refractivity contribution < 1.29 is 4.79 Å². The molecular weight excluding hydrogens is 354 g/mol. The molecule has 0 spiro atoms. The second-order valence-electron chi connectivity index (χ2n) is 5.12. The van der Waals surface area contributed by atoms with E-state index >= 15 is 0 Å². The van der Waals surface area contributed by atoms with Gasteiger partial charge in [0.05, 0.1) is 17.2 Å². The molecule has 0 unspecified atom stereocenters. The minimum absolute atomic E-state index is 0.0733. The predicted octanol–water partition coefficient (Wildman–Crippen LogP) is 3.74. The summed E-state index contributed by atoms with van der Waals surface area (Å²) in [5, 5.41) is 7.05. The van der Waals surface area contributed by atoms with Crippen molar-refractivity contribution in [2.45, 2.75) is 6.54 Å². The molecule has 2 aromatic carbocycles. The van der Waals surface area contributed by atoms with Crippen LogP contribution in [-0.2, 0) is 6.54 Å². The van der Waals surface area contributed by atoms with Gasteiger partial charge in [-0.2, -0.15) is 5.10 Å². The summed E-state index contributed by atoms with van der Waals surface area (Å²) >= 11 is 3.34. The second kappa shape index (κ2) is 7.24. The van der Waals surface area contributed by atoms with Crippen molar-refractivity contribution in [3.63, 3.8) is 0 Å². The van der Waals surface area contributed by atoms with Crippen LogP contribution in [0.1, 0.15) is 10.4 Å². The molecule has 0 bridgehead atoms. The zero-order valence-corrected chi connectivity index (χ0v) is 14.0. The van der Waals surface area contributed by atoms with Crippen LogP contribution in [0.15, 0.2) is 71.5 Å². The summed E-state index contributed by atoms with van der Waals surface area (Å²) in [5.41, 5.74) is 2.90. The first-order chi connectivity index (χ1) is 11.2. The molecule has 0 saturated heterocycles. The van der Waals surface area contributed by atoms with Gasteiger partial charge in [-0.25, -0.2) is 0 Å². The van der Waals surface area contributed by atoms with Gasteiger partial charge >= 0.3 is 0 Å². The number of nitrogens with one attached hydrogen (secondary N) is 1. The van der Waals surface area contributed by atoms with Crippen LogP contribution in [0.4, 0.5) is 0 Å². The number of amides is 1. The lowest BCUT2D eigenvalue weighted by Gasteiger charge is -2.07. The number of rotatable bonds is 5. The third-order valence-corrected chi connectivity index (χ3v) is 3.89. The molecule has 4 nitrogen and oxygen atoms in total. The number of nitrogens with zero attached hydrogens (tertiary/aromatic N) is 2. The van der Waals surface area contributed by atoms with Gasteiger partial charge in [0, 0.05) is 18.3 Å². The van der Waals surface area contributed by atoms with Crippen molar-refractivity contribution in [2.24, 2.45) is 0 Å². The number of carbonyl (C=O) groups excluding carboxylic acids is 1. The number of hydrogen-bond donors (Lipinski definition) is 1. The standard InChI is InChI=1S/C18H16BrN3O/c19-17-12-21-22(13-17)11-10-20-18(23)16-8-6-15(7-9-16)14-4-2-1-3-5-14/h1-9,12-13H,10-11H2,(H,20,23). The number of benzene rings is 2. The van der Waals surface area contributed by atoms with E-state index in [-0.39, 0.29) is 5.91 Å². The summed E-state index contributed by atoms with van der Waals surface area (Å²) in [6.07, 6.45) is 3.60. The fraction of sp³-hybridized carbons (Fsp3) is 0.111. The van der Waals surface area contributed by atoms with E-state index in [1.54, 1.807) is 10.9 Å². The average Bonchev–Trinajstić information content (AvgIpc) is 3.01. The molecule has 0 aliphatic rings. The van der Waals surface area contributed by atoms with Crippen LogP contribution in [0, 0.1) is 0 Å². The predicted molar refractivity (Wildman–Crippen MR) is 94.1 cm³/mol. The van der Waals surface area contributed by atoms with Gasteiger partial charge in [0.15, 0.2) is 0 Å². The molecule has 0 atom stereocenters. The SMILES string of the molecule is O=C(NCCn1cc(Br)cn1)c1ccc(-c2ccccc2)cc1. The van der Waals surface area contributed by atoms with E-state index in [0.29, 0.717) is 18.7 Å². The van der Waals surface area contributed by atoms with Crippen molar-refractivity contribution in [1.29, 1.82) is 0 Å². The summed E-state index contributed by atoms with van der Waals surface area (Å²) in [4.78, 5) is 12.1. The van der Waals surface area contributed by atoms with Crippen LogP contribution in [0.5, 0.6) is 0 Å². The Hall–Kier alpha value is -2.40. The highest BCUT2D eigenvalue weighted by Crippen LogP contribution is 2.19. The molecule has 0 aliphatic heterocycles. The van der Waals surface area contributed by atoms with E-state index in [1.165, 1.54) is 0 Å². The molecule has 5 heteroatoms.